The number of hydrogen-bond donors (Lipinski definition) is 2. The molecule has 1 aromatic carbocycles. The number of para-hydroxylation sites is 1. The topological polar surface area (TPSA) is 52.6 Å². The van der Waals surface area contributed by atoms with Crippen molar-refractivity contribution in [3.63, 3.8) is 0 Å². The molecule has 1 aliphatic rings. The quantitative estimate of drug-likeness (QED) is 0.874. The second-order valence-corrected chi connectivity index (χ2v) is 6.18. The standard InChI is InChI=1S/C17H26N2O2/c1-13(2)16(20)12-17(21)18-14-8-10-19(11-9-14)15-6-4-3-5-7-15/h3-7,13-14,16,20H,8-12H2,1-2H3,(H,18,21). The summed E-state index contributed by atoms with van der Waals surface area (Å²) in [5, 5.41) is 12.8. The van der Waals surface area contributed by atoms with E-state index in [1.807, 2.05) is 19.9 Å². The van der Waals surface area contributed by atoms with E-state index in [4.69, 9.17) is 0 Å². The average Bonchev–Trinajstić information content (AvgIpc) is 2.48. The molecule has 0 spiro atoms. The lowest BCUT2D eigenvalue weighted by Gasteiger charge is -2.34. The first kappa shape index (κ1) is 15.8. The highest BCUT2D eigenvalue weighted by atomic mass is 16.3. The van der Waals surface area contributed by atoms with E-state index in [1.165, 1.54) is 5.69 Å². The smallest absolute Gasteiger partial charge is 0.222 e. The van der Waals surface area contributed by atoms with Crippen molar-refractivity contribution in [2.75, 3.05) is 18.0 Å². The number of aliphatic hydroxyl groups is 1. The van der Waals surface area contributed by atoms with Crippen LogP contribution in [0.2, 0.25) is 0 Å². The second kappa shape index (κ2) is 7.46. The van der Waals surface area contributed by atoms with Crippen molar-refractivity contribution in [1.82, 2.24) is 5.32 Å². The summed E-state index contributed by atoms with van der Waals surface area (Å²) in [6, 6.07) is 10.6. The third kappa shape index (κ3) is 4.74. The van der Waals surface area contributed by atoms with Gasteiger partial charge in [-0.2, -0.15) is 0 Å². The van der Waals surface area contributed by atoms with Gasteiger partial charge < -0.3 is 15.3 Å². The highest BCUT2D eigenvalue weighted by Crippen LogP contribution is 2.19. The summed E-state index contributed by atoms with van der Waals surface area (Å²) < 4.78 is 0. The monoisotopic (exact) mass is 290 g/mol. The van der Waals surface area contributed by atoms with E-state index in [9.17, 15) is 9.90 Å². The minimum atomic E-state index is -0.547. The van der Waals surface area contributed by atoms with Gasteiger partial charge in [-0.25, -0.2) is 0 Å². The number of amides is 1. The van der Waals surface area contributed by atoms with Crippen molar-refractivity contribution in [3.05, 3.63) is 30.3 Å². The number of anilines is 1. The molecule has 2 N–H and O–H groups in total. The van der Waals surface area contributed by atoms with Crippen molar-refractivity contribution in [2.45, 2.75) is 45.3 Å². The Hall–Kier alpha value is -1.55. The van der Waals surface area contributed by atoms with Crippen LogP contribution in [0.5, 0.6) is 0 Å². The first-order valence-electron chi connectivity index (χ1n) is 7.83. The van der Waals surface area contributed by atoms with E-state index < -0.39 is 6.10 Å². The van der Waals surface area contributed by atoms with E-state index in [0.717, 1.165) is 25.9 Å². The number of aliphatic hydroxyl groups excluding tert-OH is 1. The molecule has 0 aliphatic carbocycles. The van der Waals surface area contributed by atoms with Crippen molar-refractivity contribution < 1.29 is 9.90 Å². The summed E-state index contributed by atoms with van der Waals surface area (Å²) in [7, 11) is 0. The molecule has 1 unspecified atom stereocenters. The number of carbonyl (C=O) groups is 1. The predicted octanol–water partition coefficient (Wildman–Crippen LogP) is 2.18. The van der Waals surface area contributed by atoms with Gasteiger partial charge in [0.15, 0.2) is 0 Å². The number of hydrogen-bond acceptors (Lipinski definition) is 3. The third-order valence-corrected chi connectivity index (χ3v) is 4.15. The van der Waals surface area contributed by atoms with Crippen LogP contribution in [0.4, 0.5) is 5.69 Å². The Labute approximate surface area is 127 Å². The highest BCUT2D eigenvalue weighted by Gasteiger charge is 2.22. The molecule has 4 nitrogen and oxygen atoms in total. The van der Waals surface area contributed by atoms with Crippen LogP contribution in [0.3, 0.4) is 0 Å². The van der Waals surface area contributed by atoms with Gasteiger partial charge in [-0.15, -0.1) is 0 Å². The molecule has 1 atom stereocenters. The maximum absolute atomic E-state index is 11.9. The first-order chi connectivity index (χ1) is 10.1. The van der Waals surface area contributed by atoms with Gasteiger partial charge in [-0.05, 0) is 30.9 Å². The van der Waals surface area contributed by atoms with Crippen LogP contribution in [0.25, 0.3) is 0 Å². The fourth-order valence-corrected chi connectivity index (χ4v) is 2.63. The van der Waals surface area contributed by atoms with Gasteiger partial charge in [0.05, 0.1) is 12.5 Å². The van der Waals surface area contributed by atoms with Crippen LogP contribution in [0.15, 0.2) is 30.3 Å². The maximum Gasteiger partial charge on any atom is 0.222 e. The molecule has 0 saturated carbocycles. The summed E-state index contributed by atoms with van der Waals surface area (Å²) in [5.41, 5.74) is 1.25. The fourth-order valence-electron chi connectivity index (χ4n) is 2.63. The molecule has 1 saturated heterocycles. The van der Waals surface area contributed by atoms with Crippen LogP contribution in [0, 0.1) is 5.92 Å². The number of piperidine rings is 1. The van der Waals surface area contributed by atoms with Gasteiger partial charge in [0.25, 0.3) is 0 Å². The highest BCUT2D eigenvalue weighted by molar-refractivity contribution is 5.76. The van der Waals surface area contributed by atoms with Gasteiger partial charge >= 0.3 is 0 Å². The lowest BCUT2D eigenvalue weighted by atomic mass is 10.0. The van der Waals surface area contributed by atoms with Crippen LogP contribution in [0.1, 0.15) is 33.1 Å². The van der Waals surface area contributed by atoms with E-state index in [-0.39, 0.29) is 24.3 Å². The van der Waals surface area contributed by atoms with Crippen LogP contribution >= 0.6 is 0 Å². The lowest BCUT2D eigenvalue weighted by molar-refractivity contribution is -0.124. The molecule has 0 bridgehead atoms. The molecule has 0 radical (unpaired) electrons. The van der Waals surface area contributed by atoms with Gasteiger partial charge in [-0.1, -0.05) is 32.0 Å². The summed E-state index contributed by atoms with van der Waals surface area (Å²) in [4.78, 5) is 14.2. The summed E-state index contributed by atoms with van der Waals surface area (Å²) >= 11 is 0. The molecule has 1 fully saturated rings. The predicted molar refractivity (Wildman–Crippen MR) is 85.3 cm³/mol. The number of benzene rings is 1. The van der Waals surface area contributed by atoms with Gasteiger partial charge in [-0.3, -0.25) is 4.79 Å². The molecule has 116 valence electrons. The van der Waals surface area contributed by atoms with Crippen molar-refractivity contribution in [3.8, 4) is 0 Å². The Balaban J connectivity index is 1.75. The Morgan fingerprint density at radius 2 is 1.90 bits per heavy atom. The van der Waals surface area contributed by atoms with Crippen LogP contribution < -0.4 is 10.2 Å². The molecule has 1 heterocycles. The zero-order valence-electron chi connectivity index (χ0n) is 13.0. The maximum atomic E-state index is 11.9. The normalized spacial score (nSPS) is 17.8. The summed E-state index contributed by atoms with van der Waals surface area (Å²) in [6.07, 6.45) is 1.57. The minimum Gasteiger partial charge on any atom is -0.392 e. The van der Waals surface area contributed by atoms with Gasteiger partial charge in [0.1, 0.15) is 0 Å². The van der Waals surface area contributed by atoms with Crippen LogP contribution in [-0.4, -0.2) is 36.2 Å². The number of nitrogens with zero attached hydrogens (tertiary/aromatic N) is 1. The van der Waals surface area contributed by atoms with Crippen molar-refractivity contribution in [1.29, 1.82) is 0 Å². The molecule has 21 heavy (non-hydrogen) atoms. The molecule has 4 heteroatoms. The van der Waals surface area contributed by atoms with Crippen molar-refractivity contribution >= 4 is 11.6 Å². The largest absolute Gasteiger partial charge is 0.392 e. The van der Waals surface area contributed by atoms with Crippen LogP contribution in [-0.2, 0) is 4.79 Å². The Morgan fingerprint density at radius 3 is 2.48 bits per heavy atom. The number of rotatable bonds is 5. The lowest BCUT2D eigenvalue weighted by Crippen LogP contribution is -2.45. The van der Waals surface area contributed by atoms with Gasteiger partial charge in [0, 0.05) is 24.8 Å². The molecule has 2 rings (SSSR count). The average molecular weight is 290 g/mol. The molecule has 1 aliphatic heterocycles. The van der Waals surface area contributed by atoms with E-state index in [2.05, 4.69) is 34.5 Å². The van der Waals surface area contributed by atoms with Crippen molar-refractivity contribution in [2.24, 2.45) is 5.92 Å². The fraction of sp³-hybridized carbons (Fsp3) is 0.588. The number of carbonyl (C=O) groups excluding carboxylic acids is 1. The molecule has 0 aromatic heterocycles. The number of nitrogens with one attached hydrogen (secondary N) is 1. The van der Waals surface area contributed by atoms with Gasteiger partial charge in [0.2, 0.25) is 5.91 Å². The molecule has 1 amide bonds. The van der Waals surface area contributed by atoms with E-state index >= 15 is 0 Å². The zero-order chi connectivity index (χ0) is 15.2. The second-order valence-electron chi connectivity index (χ2n) is 6.18. The minimum absolute atomic E-state index is 0.0330. The van der Waals surface area contributed by atoms with E-state index in [0.29, 0.717) is 0 Å². The Kier molecular flexibility index (Phi) is 5.62. The molecule has 1 aromatic rings. The zero-order valence-corrected chi connectivity index (χ0v) is 13.0. The summed E-state index contributed by atoms with van der Waals surface area (Å²) in [5.74, 6) is 0.0880. The Bertz CT molecular complexity index is 439. The molecular weight excluding hydrogens is 264 g/mol. The van der Waals surface area contributed by atoms with E-state index in [1.54, 1.807) is 0 Å². The summed E-state index contributed by atoms with van der Waals surface area (Å²) in [6.45, 7) is 5.77. The SMILES string of the molecule is CC(C)C(O)CC(=O)NC1CCN(c2ccccc2)CC1. The third-order valence-electron chi connectivity index (χ3n) is 4.15. The Morgan fingerprint density at radius 1 is 1.29 bits per heavy atom. The first-order valence-corrected chi connectivity index (χ1v) is 7.83. The molecular formula is C17H26N2O2.